The van der Waals surface area contributed by atoms with E-state index < -0.39 is 20.4 Å². The summed E-state index contributed by atoms with van der Waals surface area (Å²) in [5.74, 6) is -0.0995. The Morgan fingerprint density at radius 1 is 1.71 bits per heavy atom. The molecule has 0 saturated heterocycles. The van der Waals surface area contributed by atoms with Gasteiger partial charge in [0, 0.05) is 22.2 Å². The van der Waals surface area contributed by atoms with Crippen molar-refractivity contribution in [1.29, 1.82) is 0 Å². The second kappa shape index (κ2) is 3.61. The third kappa shape index (κ3) is 1.39. The summed E-state index contributed by atoms with van der Waals surface area (Å²) in [7, 11) is -2.72. The first-order chi connectivity index (χ1) is 9.83. The summed E-state index contributed by atoms with van der Waals surface area (Å²) in [6, 6.07) is 3.06. The lowest BCUT2D eigenvalue weighted by Gasteiger charge is -2.02. The molecule has 2 rings (SSSR count). The number of methoxy groups -OCH3 is 1. The van der Waals surface area contributed by atoms with Gasteiger partial charge in [-0.2, -0.15) is 5.10 Å². The normalized spacial score (nSPS) is 22.1. The Kier molecular flexibility index (Phi) is 0.993. The largest absolute Gasteiger partial charge is 0.493 e. The van der Waals surface area contributed by atoms with Gasteiger partial charge in [-0.3, -0.25) is 4.68 Å². The van der Waals surface area contributed by atoms with E-state index >= 15 is 0 Å². The van der Waals surface area contributed by atoms with Crippen LogP contribution in [0, 0.1) is 0 Å². The lowest BCUT2D eigenvalue weighted by molar-refractivity contribution is 0.415. The molecule has 1 aromatic heterocycles. The molecule has 0 spiro atoms. The van der Waals surface area contributed by atoms with Crippen molar-refractivity contribution < 1.29 is 15.7 Å². The highest BCUT2D eigenvalue weighted by Gasteiger charge is 2.09. The molecular weight excluding hydrogens is 244 g/mol. The van der Waals surface area contributed by atoms with Crippen molar-refractivity contribution in [3.05, 3.63) is 22.8 Å². The van der Waals surface area contributed by atoms with Crippen LogP contribution in [0.25, 0.3) is 10.9 Å². The van der Waals surface area contributed by atoms with Gasteiger partial charge in [0.25, 0.3) is 0 Å². The molecule has 74 valence electrons. The zero-order valence-electron chi connectivity index (χ0n) is 14.9. The number of nitrogens with zero attached hydrogens (tertiary/aromatic N) is 2. The zero-order chi connectivity index (χ0) is 16.9. The van der Waals surface area contributed by atoms with Gasteiger partial charge in [0.2, 0.25) is 0 Å². The van der Waals surface area contributed by atoms with E-state index in [-0.39, 0.29) is 11.3 Å². The summed E-state index contributed by atoms with van der Waals surface area (Å²) in [4.78, 5) is 0. The fourth-order valence-corrected chi connectivity index (χ4v) is 1.59. The Morgan fingerprint density at radius 3 is 3.43 bits per heavy atom. The van der Waals surface area contributed by atoms with Gasteiger partial charge in [0.15, 0.2) is 5.75 Å². The minimum atomic E-state index is -2.93. The molecule has 2 aromatic rings. The van der Waals surface area contributed by atoms with Crippen molar-refractivity contribution >= 4 is 26.8 Å². The monoisotopic (exact) mass is 262 g/mol. The number of hydrogen-bond donors (Lipinski definition) is 0. The second-order valence-corrected chi connectivity index (χ2v) is 3.46. The molecule has 0 unspecified atom stereocenters. The van der Waals surface area contributed by atoms with Gasteiger partial charge < -0.3 is 4.74 Å². The molecule has 1 heterocycles. The summed E-state index contributed by atoms with van der Waals surface area (Å²) in [6.07, 6.45) is 1.19. The molecule has 0 fully saturated rings. The Bertz CT molecular complexity index is 705. The van der Waals surface area contributed by atoms with Gasteiger partial charge in [-0.25, -0.2) is 0 Å². The summed E-state index contributed by atoms with van der Waals surface area (Å²) in [6.45, 7) is -5.67. The lowest BCUT2D eigenvalue weighted by atomic mass is 10.2. The van der Waals surface area contributed by atoms with E-state index in [1.54, 1.807) is 6.07 Å². The molecule has 0 bridgehead atoms. The predicted octanol–water partition coefficient (Wildman–Crippen LogP) is 2.83. The number of ether oxygens (including phenoxy) is 1. The maximum absolute atomic E-state index is 7.70. The Balaban J connectivity index is 2.63. The fraction of sp³-hybridized carbons (Fsp3) is 0.300. The van der Waals surface area contributed by atoms with Gasteiger partial charge >= 0.3 is 0 Å². The average molecular weight is 263 g/mol. The zero-order valence-corrected chi connectivity index (χ0v) is 8.50. The third-order valence-corrected chi connectivity index (χ3v) is 2.42. The standard InChI is InChI=1S/C10H11BrN2O/c1-3-13-6-7-4-5-8(11)10(14-2)9(7)12-13/h4-6H,3H2,1-2H3/i1D3,2D3,3D2. The average Bonchev–Trinajstić information content (AvgIpc) is 2.75. The number of benzene rings is 1. The topological polar surface area (TPSA) is 27.1 Å². The first kappa shape index (κ1) is 3.85. The van der Waals surface area contributed by atoms with Crippen LogP contribution < -0.4 is 4.74 Å². The quantitative estimate of drug-likeness (QED) is 0.833. The number of fused-ring (bicyclic) bond motifs is 1. The Labute approximate surface area is 102 Å². The number of hydrogen-bond acceptors (Lipinski definition) is 2. The summed E-state index contributed by atoms with van der Waals surface area (Å²) in [5.41, 5.74) is 0.0543. The van der Waals surface area contributed by atoms with Crippen LogP contribution in [-0.4, -0.2) is 16.8 Å². The van der Waals surface area contributed by atoms with Gasteiger partial charge in [-0.15, -0.1) is 0 Å². The van der Waals surface area contributed by atoms with Crippen LogP contribution >= 0.6 is 15.9 Å². The van der Waals surface area contributed by atoms with Crippen LogP contribution in [0.1, 0.15) is 17.8 Å². The van der Waals surface area contributed by atoms with E-state index in [9.17, 15) is 0 Å². The van der Waals surface area contributed by atoms with Gasteiger partial charge in [-0.05, 0) is 34.9 Å². The first-order valence-electron chi connectivity index (χ1n) is 7.70. The van der Waals surface area contributed by atoms with Crippen molar-refractivity contribution in [2.24, 2.45) is 0 Å². The summed E-state index contributed by atoms with van der Waals surface area (Å²) >= 11 is 3.14. The van der Waals surface area contributed by atoms with Gasteiger partial charge in [-0.1, -0.05) is 0 Å². The smallest absolute Gasteiger partial charge is 0.161 e. The molecule has 0 aliphatic carbocycles. The van der Waals surface area contributed by atoms with E-state index in [2.05, 4.69) is 21.0 Å². The minimum Gasteiger partial charge on any atom is -0.493 e. The molecule has 3 nitrogen and oxygen atoms in total. The summed E-state index contributed by atoms with van der Waals surface area (Å²) in [5, 5.41) is 4.23. The van der Waals surface area contributed by atoms with Crippen LogP contribution in [0.5, 0.6) is 5.75 Å². The SMILES string of the molecule is [2H]C([2H])([2H])Oc1c(Br)ccc2cn(C([2H])([2H])C([2H])([2H])[2H])nc12. The maximum atomic E-state index is 7.70. The van der Waals surface area contributed by atoms with E-state index in [0.29, 0.717) is 14.5 Å². The maximum Gasteiger partial charge on any atom is 0.161 e. The van der Waals surface area contributed by atoms with E-state index in [4.69, 9.17) is 15.7 Å². The Morgan fingerprint density at radius 2 is 2.64 bits per heavy atom. The number of aromatic nitrogens is 2. The van der Waals surface area contributed by atoms with E-state index in [0.717, 1.165) is 0 Å². The molecule has 0 N–H and O–H groups in total. The van der Waals surface area contributed by atoms with Gasteiger partial charge in [0.1, 0.15) is 5.52 Å². The number of rotatable bonds is 2. The molecule has 0 amide bonds. The molecule has 0 saturated carbocycles. The second-order valence-electron chi connectivity index (χ2n) is 2.60. The van der Waals surface area contributed by atoms with Crippen LogP contribution in [0.3, 0.4) is 0 Å². The van der Waals surface area contributed by atoms with Crippen molar-refractivity contribution in [2.45, 2.75) is 13.3 Å². The van der Waals surface area contributed by atoms with Crippen molar-refractivity contribution in [3.8, 4) is 5.75 Å². The van der Waals surface area contributed by atoms with Crippen LogP contribution in [0.15, 0.2) is 22.8 Å². The number of aryl methyl sites for hydroxylation is 1. The highest BCUT2D eigenvalue weighted by Crippen LogP contribution is 2.32. The molecule has 14 heavy (non-hydrogen) atoms. The highest BCUT2D eigenvalue weighted by atomic mass is 79.9. The summed E-state index contributed by atoms with van der Waals surface area (Å²) < 4.78 is 64.5. The Hall–Kier alpha value is -1.03. The molecule has 4 heteroatoms. The van der Waals surface area contributed by atoms with Crippen molar-refractivity contribution in [3.63, 3.8) is 0 Å². The fourth-order valence-electron chi connectivity index (χ4n) is 1.19. The minimum absolute atomic E-state index is 0.0543. The van der Waals surface area contributed by atoms with Crippen molar-refractivity contribution in [1.82, 2.24) is 9.78 Å². The predicted molar refractivity (Wildman–Crippen MR) is 59.7 cm³/mol. The molecule has 0 aliphatic rings. The lowest BCUT2D eigenvalue weighted by Crippen LogP contribution is -1.93. The van der Waals surface area contributed by atoms with Crippen LogP contribution in [0.2, 0.25) is 0 Å². The molecule has 1 aromatic carbocycles. The third-order valence-electron chi connectivity index (χ3n) is 1.80. The number of halogens is 1. The molecule has 0 radical (unpaired) electrons. The first-order valence-corrected chi connectivity index (χ1v) is 4.50. The van der Waals surface area contributed by atoms with E-state index in [1.807, 2.05) is 0 Å². The van der Waals surface area contributed by atoms with Crippen LogP contribution in [-0.2, 0) is 6.50 Å². The van der Waals surface area contributed by atoms with E-state index in [1.165, 1.54) is 12.3 Å². The van der Waals surface area contributed by atoms with Crippen LogP contribution in [0.4, 0.5) is 0 Å². The van der Waals surface area contributed by atoms with Gasteiger partial charge in [0.05, 0.1) is 18.4 Å². The molecular formula is C10H11BrN2O. The molecule has 0 atom stereocenters. The highest BCUT2D eigenvalue weighted by molar-refractivity contribution is 9.10. The van der Waals surface area contributed by atoms with Crippen molar-refractivity contribution in [2.75, 3.05) is 7.04 Å². The molecule has 0 aliphatic heterocycles.